The van der Waals surface area contributed by atoms with Gasteiger partial charge < -0.3 is 15.3 Å². The molecule has 0 aromatic heterocycles. The Morgan fingerprint density at radius 1 is 1.14 bits per heavy atom. The molecule has 0 aliphatic rings. The van der Waals surface area contributed by atoms with E-state index in [0.717, 1.165) is 0 Å². The Balaban J connectivity index is 2.07. The lowest BCUT2D eigenvalue weighted by Gasteiger charge is -2.07. The summed E-state index contributed by atoms with van der Waals surface area (Å²) < 4.78 is 5.12. The third-order valence-electron chi connectivity index (χ3n) is 2.80. The molecule has 2 N–H and O–H groups in total. The number of hydrogen-bond acceptors (Lipinski definition) is 3. The molecule has 0 spiro atoms. The molecule has 0 aliphatic carbocycles. The highest BCUT2D eigenvalue weighted by atomic mass is 35.5. The normalized spacial score (nSPS) is 11.3. The van der Waals surface area contributed by atoms with E-state index in [0.29, 0.717) is 26.9 Å². The van der Waals surface area contributed by atoms with E-state index in [1.807, 2.05) is 18.2 Å². The fourth-order valence-electron chi connectivity index (χ4n) is 1.67. The van der Waals surface area contributed by atoms with Crippen LogP contribution in [0.2, 0.25) is 10.0 Å². The van der Waals surface area contributed by atoms with Crippen molar-refractivity contribution >= 4 is 29.0 Å². The topological polar surface area (TPSA) is 56.8 Å². The minimum atomic E-state index is 0.142. The Kier molecular flexibility index (Phi) is 5.31. The van der Waals surface area contributed by atoms with Gasteiger partial charge in [0.25, 0.3) is 0 Å². The van der Waals surface area contributed by atoms with Gasteiger partial charge in [-0.3, -0.25) is 0 Å². The van der Waals surface area contributed by atoms with Crippen LogP contribution in [0, 0.1) is 0 Å². The predicted molar refractivity (Wildman–Crippen MR) is 85.0 cm³/mol. The number of benzene rings is 2. The van der Waals surface area contributed by atoms with Crippen molar-refractivity contribution in [2.45, 2.75) is 6.61 Å². The Morgan fingerprint density at radius 2 is 1.81 bits per heavy atom. The minimum absolute atomic E-state index is 0.142. The van der Waals surface area contributed by atoms with Crippen molar-refractivity contribution in [3.8, 4) is 5.75 Å². The van der Waals surface area contributed by atoms with Gasteiger partial charge in [-0.15, -0.1) is 0 Å². The number of oxime groups is 1. The van der Waals surface area contributed by atoms with E-state index < -0.39 is 0 Å². The van der Waals surface area contributed by atoms with Gasteiger partial charge in [-0.2, -0.15) is 0 Å². The van der Waals surface area contributed by atoms with Gasteiger partial charge in [0.1, 0.15) is 12.4 Å². The summed E-state index contributed by atoms with van der Waals surface area (Å²) in [5, 5.41) is 4.92. The third kappa shape index (κ3) is 4.03. The molecule has 0 saturated heterocycles. The highest BCUT2D eigenvalue weighted by molar-refractivity contribution is 6.35. The lowest BCUT2D eigenvalue weighted by Crippen LogP contribution is -2.14. The predicted octanol–water partition coefficient (Wildman–Crippen LogP) is 3.84. The molecule has 0 atom stereocenters. The molecule has 6 heteroatoms. The van der Waals surface area contributed by atoms with Crippen LogP contribution in [0.5, 0.6) is 5.75 Å². The second-order valence-corrected chi connectivity index (χ2v) is 5.00. The van der Waals surface area contributed by atoms with Crippen molar-refractivity contribution in [1.29, 1.82) is 0 Å². The van der Waals surface area contributed by atoms with E-state index in [1.54, 1.807) is 31.4 Å². The van der Waals surface area contributed by atoms with Crippen LogP contribution in [-0.2, 0) is 11.4 Å². The van der Waals surface area contributed by atoms with Crippen molar-refractivity contribution in [3.63, 3.8) is 0 Å². The first-order chi connectivity index (χ1) is 10.1. The fraction of sp³-hybridized carbons (Fsp3) is 0.133. The second-order valence-electron chi connectivity index (χ2n) is 4.18. The summed E-state index contributed by atoms with van der Waals surface area (Å²) in [6, 6.07) is 12.5. The maximum Gasteiger partial charge on any atom is 0.170 e. The summed E-state index contributed by atoms with van der Waals surface area (Å²) in [5.74, 6) is 0.942. The van der Waals surface area contributed by atoms with Crippen LogP contribution in [0.25, 0.3) is 0 Å². The van der Waals surface area contributed by atoms with Crippen molar-refractivity contribution in [3.05, 3.63) is 63.6 Å². The van der Waals surface area contributed by atoms with Crippen LogP contribution >= 0.6 is 23.2 Å². The molecule has 4 nitrogen and oxygen atoms in total. The highest BCUT2D eigenvalue weighted by Crippen LogP contribution is 2.25. The maximum atomic E-state index is 6.04. The quantitative estimate of drug-likeness (QED) is 0.516. The molecule has 0 amide bonds. The van der Waals surface area contributed by atoms with Crippen LogP contribution in [0.15, 0.2) is 47.6 Å². The molecule has 0 aliphatic heterocycles. The van der Waals surface area contributed by atoms with Gasteiger partial charge in [0.2, 0.25) is 0 Å². The molecular weight excluding hydrogens is 311 g/mol. The molecular formula is C15H14Cl2N2O2. The summed E-state index contributed by atoms with van der Waals surface area (Å²) in [4.78, 5) is 5.22. The Hall–Kier alpha value is -1.91. The minimum Gasteiger partial charge on any atom is -0.497 e. The number of nitrogens with zero attached hydrogens (tertiary/aromatic N) is 1. The molecule has 0 radical (unpaired) electrons. The molecule has 2 aromatic rings. The van der Waals surface area contributed by atoms with Gasteiger partial charge in [0.15, 0.2) is 5.84 Å². The average Bonchev–Trinajstić information content (AvgIpc) is 2.50. The zero-order chi connectivity index (χ0) is 15.2. The lowest BCUT2D eigenvalue weighted by atomic mass is 10.2. The average molecular weight is 325 g/mol. The Morgan fingerprint density at radius 3 is 2.48 bits per heavy atom. The van der Waals surface area contributed by atoms with Gasteiger partial charge in [-0.1, -0.05) is 46.6 Å². The number of halogens is 2. The maximum absolute atomic E-state index is 6.04. The van der Waals surface area contributed by atoms with Crippen LogP contribution in [0.4, 0.5) is 0 Å². The largest absolute Gasteiger partial charge is 0.497 e. The number of nitrogens with two attached hydrogens (primary N) is 1. The molecule has 0 bridgehead atoms. The molecule has 0 heterocycles. The number of hydrogen-bond donors (Lipinski definition) is 1. The summed E-state index contributed by atoms with van der Waals surface area (Å²) in [6.07, 6.45) is 0. The zero-order valence-electron chi connectivity index (χ0n) is 11.3. The zero-order valence-corrected chi connectivity index (χ0v) is 12.9. The lowest BCUT2D eigenvalue weighted by molar-refractivity contribution is 0.130. The first-order valence-corrected chi connectivity index (χ1v) is 6.90. The van der Waals surface area contributed by atoms with Gasteiger partial charge in [-0.05, 0) is 24.3 Å². The van der Waals surface area contributed by atoms with Crippen molar-refractivity contribution in [1.82, 2.24) is 0 Å². The molecule has 21 heavy (non-hydrogen) atoms. The molecule has 2 aromatic carbocycles. The summed E-state index contributed by atoms with van der Waals surface area (Å²) in [7, 11) is 1.59. The molecule has 110 valence electrons. The molecule has 0 unspecified atom stereocenters. The fourth-order valence-corrected chi connectivity index (χ4v) is 2.18. The SMILES string of the molecule is COc1cccc(/C(N)=N/OCc2c(Cl)cccc2Cl)c1. The second kappa shape index (κ2) is 7.20. The highest BCUT2D eigenvalue weighted by Gasteiger charge is 2.06. The number of amidine groups is 1. The van der Waals surface area contributed by atoms with Gasteiger partial charge in [0, 0.05) is 21.2 Å². The first kappa shape index (κ1) is 15.5. The van der Waals surface area contributed by atoms with Crippen LogP contribution in [-0.4, -0.2) is 12.9 Å². The Bertz CT molecular complexity index is 640. The van der Waals surface area contributed by atoms with Crippen LogP contribution in [0.1, 0.15) is 11.1 Å². The third-order valence-corrected chi connectivity index (χ3v) is 3.51. The van der Waals surface area contributed by atoms with E-state index >= 15 is 0 Å². The van der Waals surface area contributed by atoms with Crippen LogP contribution < -0.4 is 10.5 Å². The van der Waals surface area contributed by atoms with E-state index in [4.69, 9.17) is 38.5 Å². The summed E-state index contributed by atoms with van der Waals surface area (Å²) in [6.45, 7) is 0.142. The van der Waals surface area contributed by atoms with E-state index in [-0.39, 0.29) is 12.4 Å². The summed E-state index contributed by atoms with van der Waals surface area (Å²) >= 11 is 12.1. The van der Waals surface area contributed by atoms with Gasteiger partial charge in [0.05, 0.1) is 7.11 Å². The van der Waals surface area contributed by atoms with Gasteiger partial charge in [-0.25, -0.2) is 0 Å². The molecule has 0 fully saturated rings. The van der Waals surface area contributed by atoms with E-state index in [2.05, 4.69) is 5.16 Å². The van der Waals surface area contributed by atoms with Crippen molar-refractivity contribution in [2.75, 3.05) is 7.11 Å². The monoisotopic (exact) mass is 324 g/mol. The first-order valence-electron chi connectivity index (χ1n) is 6.14. The molecule has 2 rings (SSSR count). The van der Waals surface area contributed by atoms with Crippen molar-refractivity contribution in [2.24, 2.45) is 10.9 Å². The van der Waals surface area contributed by atoms with Gasteiger partial charge >= 0.3 is 0 Å². The van der Waals surface area contributed by atoms with Crippen LogP contribution in [0.3, 0.4) is 0 Å². The number of rotatable bonds is 5. The smallest absolute Gasteiger partial charge is 0.170 e. The van der Waals surface area contributed by atoms with Crippen molar-refractivity contribution < 1.29 is 9.57 Å². The standard InChI is InChI=1S/C15H14Cl2N2O2/c1-20-11-5-2-4-10(8-11)15(18)19-21-9-12-13(16)6-3-7-14(12)17/h2-8H,9H2,1H3,(H2,18,19). The summed E-state index contributed by atoms with van der Waals surface area (Å²) in [5.41, 5.74) is 7.24. The van der Waals surface area contributed by atoms with E-state index in [9.17, 15) is 0 Å². The number of methoxy groups -OCH3 is 1. The number of ether oxygens (including phenoxy) is 1. The Labute approximate surface area is 133 Å². The molecule has 0 saturated carbocycles. The van der Waals surface area contributed by atoms with E-state index in [1.165, 1.54) is 0 Å².